The zero-order chi connectivity index (χ0) is 46.1. The number of benzene rings is 11. The van der Waals surface area contributed by atoms with Crippen LogP contribution in [0.4, 0.5) is 0 Å². The molecule has 2 aliphatic carbocycles. The van der Waals surface area contributed by atoms with Gasteiger partial charge in [0.05, 0.1) is 33.2 Å². The zero-order valence-corrected chi connectivity index (χ0v) is 38.4. The quantitative estimate of drug-likeness (QED) is 0.162. The molecule has 13 aromatic rings. The number of para-hydroxylation sites is 3. The number of hydrogen-bond acceptors (Lipinski definition) is 1. The molecule has 0 N–H and O–H groups in total. The molecule has 3 nitrogen and oxygen atoms in total. The van der Waals surface area contributed by atoms with Gasteiger partial charge in [-0.15, -0.1) is 0 Å². The van der Waals surface area contributed by atoms with Gasteiger partial charge in [-0.05, 0) is 90.7 Å². The first kappa shape index (κ1) is 37.8. The second-order valence-electron chi connectivity index (χ2n) is 19.7. The van der Waals surface area contributed by atoms with E-state index in [2.05, 4.69) is 246 Å². The fourth-order valence-corrected chi connectivity index (χ4v) is 14.0. The van der Waals surface area contributed by atoms with E-state index in [1.807, 2.05) is 0 Å². The van der Waals surface area contributed by atoms with E-state index in [1.165, 1.54) is 138 Å². The largest absolute Gasteiger partial charge is 0.458 e. The van der Waals surface area contributed by atoms with Gasteiger partial charge in [0.2, 0.25) is 0 Å². The highest BCUT2D eigenvalue weighted by Crippen LogP contribution is 2.65. The Balaban J connectivity index is 1.03. The lowest BCUT2D eigenvalue weighted by Gasteiger charge is -2.37. The molecule has 4 heteroatoms. The summed E-state index contributed by atoms with van der Waals surface area (Å²) in [5.41, 5.74) is 25.4. The van der Waals surface area contributed by atoms with Crippen LogP contribution in [0, 0.1) is 0 Å². The molecule has 0 saturated heterocycles. The summed E-state index contributed by atoms with van der Waals surface area (Å²) in [6, 6.07) is 88.2. The zero-order valence-electron chi connectivity index (χ0n) is 38.4. The Morgan fingerprint density at radius 2 is 0.915 bits per heavy atom. The molecule has 0 radical (unpaired) electrons. The third-order valence-electron chi connectivity index (χ3n) is 16.6. The summed E-state index contributed by atoms with van der Waals surface area (Å²) in [7, 11) is 0. The normalized spacial score (nSPS) is 13.8. The fourth-order valence-electron chi connectivity index (χ4n) is 14.0. The highest BCUT2D eigenvalue weighted by atomic mass is 16.5. The maximum atomic E-state index is 7.63. The van der Waals surface area contributed by atoms with E-state index in [9.17, 15) is 0 Å². The summed E-state index contributed by atoms with van der Waals surface area (Å²) in [4.78, 5) is 0. The van der Waals surface area contributed by atoms with Gasteiger partial charge in [-0.25, -0.2) is 0 Å². The molecule has 0 fully saturated rings. The van der Waals surface area contributed by atoms with E-state index in [0.717, 1.165) is 11.5 Å². The van der Waals surface area contributed by atoms with Crippen molar-refractivity contribution >= 4 is 66.7 Å². The Bertz CT molecular complexity index is 4380. The third-order valence-corrected chi connectivity index (χ3v) is 16.6. The Hall–Kier alpha value is -9.12. The highest BCUT2D eigenvalue weighted by Gasteiger charge is 2.55. The Morgan fingerprint density at radius 3 is 1.58 bits per heavy atom. The lowest BCUT2D eigenvalue weighted by atomic mass is 9.34. The summed E-state index contributed by atoms with van der Waals surface area (Å²) in [5.74, 6) is 1.90. The molecule has 0 saturated carbocycles. The van der Waals surface area contributed by atoms with Crippen molar-refractivity contribution < 1.29 is 4.74 Å². The molecule has 71 heavy (non-hydrogen) atoms. The lowest BCUT2D eigenvalue weighted by molar-refractivity contribution is 0.476. The fraction of sp³-hybridized carbons (Fsp3) is 0.0149. The standard InChI is InChI=1S/C67H39BN2O/c1-3-19-40(20-4-1)42-28-17-29-43(41-21-5-2-6-22-41)63(42)70-56-33-15-10-26-47(56)50-39-55-65-60(64(50)70)49-27-11-16-34-57(49)69(65)58-35-18-36-59-62(58)68(55)54-38-37-48-46-25-9-14-32-53(46)67(61(48)66(54)71-59)51-30-12-7-23-44(51)45-24-8-13-31-52(45)67/h1-39H. The molecule has 1 spiro atoms. The van der Waals surface area contributed by atoms with E-state index in [1.54, 1.807) is 0 Å². The Labute approximate surface area is 410 Å². The van der Waals surface area contributed by atoms with Crippen molar-refractivity contribution in [1.29, 1.82) is 0 Å². The Morgan fingerprint density at radius 1 is 0.380 bits per heavy atom. The molecular formula is C67H39BN2O. The van der Waals surface area contributed by atoms with E-state index in [4.69, 9.17) is 4.74 Å². The van der Waals surface area contributed by atoms with Crippen molar-refractivity contribution in [3.63, 3.8) is 0 Å². The SMILES string of the molecule is c1ccc(-c2cccc(-c3ccccc3)c2-n2c3ccccc3c3cc4c5c(c6ccccc6n5-c5cccc6c5B4c4ccc5c(c4O6)C4(c6ccccc6-c6ccccc64)c4ccccc4-5)c32)cc1. The number of fused-ring (bicyclic) bond motifs is 22. The van der Waals surface area contributed by atoms with Gasteiger partial charge in [-0.1, -0.05) is 212 Å². The molecule has 2 aliphatic heterocycles. The summed E-state index contributed by atoms with van der Waals surface area (Å²) in [5, 5.41) is 4.97. The molecule has 326 valence electrons. The van der Waals surface area contributed by atoms with Crippen molar-refractivity contribution in [3.8, 4) is 67.4 Å². The predicted octanol–water partition coefficient (Wildman–Crippen LogP) is 14.5. The van der Waals surface area contributed by atoms with Crippen LogP contribution in [0.5, 0.6) is 11.5 Å². The number of aromatic nitrogens is 2. The van der Waals surface area contributed by atoms with Crippen LogP contribution < -0.4 is 21.1 Å². The maximum absolute atomic E-state index is 7.63. The molecule has 11 aromatic carbocycles. The predicted molar refractivity (Wildman–Crippen MR) is 293 cm³/mol. The molecule has 0 atom stereocenters. The smallest absolute Gasteiger partial charge is 0.256 e. The van der Waals surface area contributed by atoms with Gasteiger partial charge in [-0.2, -0.15) is 0 Å². The van der Waals surface area contributed by atoms with E-state index < -0.39 is 5.41 Å². The number of ether oxygens (including phenoxy) is 1. The van der Waals surface area contributed by atoms with Gasteiger partial charge in [-0.3, -0.25) is 0 Å². The van der Waals surface area contributed by atoms with Crippen molar-refractivity contribution in [3.05, 3.63) is 259 Å². The summed E-state index contributed by atoms with van der Waals surface area (Å²) < 4.78 is 12.8. The number of nitrogens with zero attached hydrogens (tertiary/aromatic N) is 2. The van der Waals surface area contributed by atoms with E-state index in [-0.39, 0.29) is 6.71 Å². The minimum atomic E-state index is -0.557. The van der Waals surface area contributed by atoms with Gasteiger partial charge in [0.15, 0.2) is 0 Å². The molecule has 4 aliphatic rings. The van der Waals surface area contributed by atoms with Crippen LogP contribution in [-0.4, -0.2) is 15.8 Å². The van der Waals surface area contributed by atoms with Crippen LogP contribution in [0.2, 0.25) is 0 Å². The van der Waals surface area contributed by atoms with Crippen LogP contribution in [-0.2, 0) is 5.41 Å². The minimum absolute atomic E-state index is 0.106. The second-order valence-corrected chi connectivity index (χ2v) is 19.7. The van der Waals surface area contributed by atoms with Crippen molar-refractivity contribution in [2.75, 3.05) is 0 Å². The second kappa shape index (κ2) is 13.6. The van der Waals surface area contributed by atoms with Gasteiger partial charge < -0.3 is 13.9 Å². The Kier molecular flexibility index (Phi) is 7.22. The molecule has 2 aromatic heterocycles. The monoisotopic (exact) mass is 898 g/mol. The van der Waals surface area contributed by atoms with Crippen molar-refractivity contribution in [1.82, 2.24) is 9.13 Å². The van der Waals surface area contributed by atoms with Crippen LogP contribution in [0.3, 0.4) is 0 Å². The van der Waals surface area contributed by atoms with E-state index in [0.29, 0.717) is 0 Å². The maximum Gasteiger partial charge on any atom is 0.256 e. The molecule has 0 unspecified atom stereocenters. The van der Waals surface area contributed by atoms with Gasteiger partial charge >= 0.3 is 0 Å². The first-order chi connectivity index (χ1) is 35.3. The molecule has 0 bridgehead atoms. The van der Waals surface area contributed by atoms with Crippen LogP contribution in [0.15, 0.2) is 237 Å². The van der Waals surface area contributed by atoms with Crippen molar-refractivity contribution in [2.45, 2.75) is 5.41 Å². The molecule has 17 rings (SSSR count). The summed E-state index contributed by atoms with van der Waals surface area (Å²) in [6.45, 7) is -0.106. The first-order valence-corrected chi connectivity index (χ1v) is 24.8. The van der Waals surface area contributed by atoms with Gasteiger partial charge in [0, 0.05) is 43.9 Å². The summed E-state index contributed by atoms with van der Waals surface area (Å²) in [6.07, 6.45) is 0. The number of hydrogen-bond donors (Lipinski definition) is 0. The number of rotatable bonds is 3. The van der Waals surface area contributed by atoms with Crippen LogP contribution in [0.25, 0.3) is 99.5 Å². The highest BCUT2D eigenvalue weighted by molar-refractivity contribution is 6.99. The average molecular weight is 899 g/mol. The topological polar surface area (TPSA) is 19.1 Å². The van der Waals surface area contributed by atoms with Crippen LogP contribution >= 0.6 is 0 Å². The lowest BCUT2D eigenvalue weighted by Crippen LogP contribution is -2.58. The minimum Gasteiger partial charge on any atom is -0.458 e. The van der Waals surface area contributed by atoms with Crippen molar-refractivity contribution in [2.24, 2.45) is 0 Å². The first-order valence-electron chi connectivity index (χ1n) is 24.8. The van der Waals surface area contributed by atoms with Crippen LogP contribution in [0.1, 0.15) is 22.3 Å². The van der Waals surface area contributed by atoms with E-state index >= 15 is 0 Å². The molecule has 4 heterocycles. The molecular weight excluding hydrogens is 860 g/mol. The van der Waals surface area contributed by atoms with Gasteiger partial charge in [0.1, 0.15) is 11.5 Å². The molecule has 0 amide bonds. The average Bonchev–Trinajstić information content (AvgIpc) is 4.19. The summed E-state index contributed by atoms with van der Waals surface area (Å²) >= 11 is 0. The third kappa shape index (κ3) is 4.57. The van der Waals surface area contributed by atoms with Gasteiger partial charge in [0.25, 0.3) is 6.71 Å².